The molecule has 0 bridgehead atoms. The van der Waals surface area contributed by atoms with Crippen molar-refractivity contribution in [3.63, 3.8) is 0 Å². The van der Waals surface area contributed by atoms with Crippen molar-refractivity contribution < 1.29 is 9.90 Å². The maximum Gasteiger partial charge on any atom is 0.275 e. The molecule has 2 heterocycles. The van der Waals surface area contributed by atoms with Crippen LogP contribution >= 0.6 is 11.7 Å². The third kappa shape index (κ3) is 2.22. The minimum absolute atomic E-state index is 0.0700. The van der Waals surface area contributed by atoms with Crippen LogP contribution in [0.5, 0.6) is 0 Å². The summed E-state index contributed by atoms with van der Waals surface area (Å²) in [4.78, 5) is 13.9. The van der Waals surface area contributed by atoms with Crippen LogP contribution in [0.3, 0.4) is 0 Å². The minimum atomic E-state index is -0.0700. The van der Waals surface area contributed by atoms with Crippen molar-refractivity contribution in [2.45, 2.75) is 25.8 Å². The lowest BCUT2D eigenvalue weighted by molar-refractivity contribution is 0.0484. The number of aliphatic hydroxyl groups is 1. The quantitative estimate of drug-likeness (QED) is 0.830. The van der Waals surface area contributed by atoms with Gasteiger partial charge >= 0.3 is 0 Å². The van der Waals surface area contributed by atoms with Crippen molar-refractivity contribution in [3.05, 3.63) is 11.9 Å². The lowest BCUT2D eigenvalue weighted by Crippen LogP contribution is -2.46. The highest BCUT2D eigenvalue weighted by molar-refractivity contribution is 6.99. The van der Waals surface area contributed by atoms with Crippen LogP contribution in [0.2, 0.25) is 0 Å². The van der Waals surface area contributed by atoms with Gasteiger partial charge in [-0.25, -0.2) is 0 Å². The Labute approximate surface area is 98.4 Å². The van der Waals surface area contributed by atoms with Crippen molar-refractivity contribution in [2.24, 2.45) is 5.92 Å². The van der Waals surface area contributed by atoms with Crippen molar-refractivity contribution in [2.75, 3.05) is 13.2 Å². The lowest BCUT2D eigenvalue weighted by atomic mass is 9.94. The molecule has 1 aliphatic heterocycles. The molecule has 6 heteroatoms. The lowest BCUT2D eigenvalue weighted by Gasteiger charge is -2.36. The Morgan fingerprint density at radius 2 is 2.50 bits per heavy atom. The summed E-state index contributed by atoms with van der Waals surface area (Å²) in [6.07, 6.45) is 3.42. The third-order valence-corrected chi connectivity index (χ3v) is 3.56. The zero-order valence-corrected chi connectivity index (χ0v) is 9.98. The number of hydrogen-bond acceptors (Lipinski definition) is 5. The fourth-order valence-electron chi connectivity index (χ4n) is 2.02. The number of rotatable bonds is 2. The van der Waals surface area contributed by atoms with Gasteiger partial charge in [-0.15, -0.1) is 0 Å². The maximum atomic E-state index is 12.1. The molecule has 1 fully saturated rings. The second kappa shape index (κ2) is 4.88. The first kappa shape index (κ1) is 11.5. The molecule has 0 radical (unpaired) electrons. The van der Waals surface area contributed by atoms with E-state index >= 15 is 0 Å². The first-order valence-electron chi connectivity index (χ1n) is 5.41. The van der Waals surface area contributed by atoms with Crippen LogP contribution in [-0.2, 0) is 0 Å². The summed E-state index contributed by atoms with van der Waals surface area (Å²) >= 11 is 1.04. The van der Waals surface area contributed by atoms with Gasteiger partial charge in [0.2, 0.25) is 0 Å². The van der Waals surface area contributed by atoms with E-state index in [1.165, 1.54) is 6.20 Å². The van der Waals surface area contributed by atoms with E-state index in [1.807, 2.05) is 6.92 Å². The van der Waals surface area contributed by atoms with E-state index in [0.29, 0.717) is 12.2 Å². The Morgan fingerprint density at radius 1 is 1.69 bits per heavy atom. The zero-order valence-electron chi connectivity index (χ0n) is 9.17. The molecule has 0 aliphatic carbocycles. The highest BCUT2D eigenvalue weighted by atomic mass is 32.1. The Kier molecular flexibility index (Phi) is 3.50. The average Bonchev–Trinajstić information content (AvgIpc) is 2.82. The summed E-state index contributed by atoms with van der Waals surface area (Å²) in [6, 6.07) is 0.219. The first-order chi connectivity index (χ1) is 7.72. The predicted octanol–water partition coefficient (Wildman–Crippen LogP) is 0.771. The molecule has 2 atom stereocenters. The summed E-state index contributed by atoms with van der Waals surface area (Å²) in [6.45, 7) is 2.80. The highest BCUT2D eigenvalue weighted by Gasteiger charge is 2.30. The van der Waals surface area contributed by atoms with Gasteiger partial charge in [0.25, 0.3) is 5.91 Å². The van der Waals surface area contributed by atoms with Gasteiger partial charge in [0.15, 0.2) is 5.69 Å². The van der Waals surface area contributed by atoms with Crippen LogP contribution in [0, 0.1) is 5.92 Å². The van der Waals surface area contributed by atoms with Gasteiger partial charge in [0.05, 0.1) is 17.9 Å². The Hall–Kier alpha value is -1.01. The number of carbonyl (C=O) groups excluding carboxylic acids is 1. The second-order valence-corrected chi connectivity index (χ2v) is 4.78. The van der Waals surface area contributed by atoms with Gasteiger partial charge in [-0.05, 0) is 25.7 Å². The van der Waals surface area contributed by atoms with E-state index in [1.54, 1.807) is 4.90 Å². The predicted molar refractivity (Wildman–Crippen MR) is 60.2 cm³/mol. The molecule has 1 aliphatic rings. The van der Waals surface area contributed by atoms with Crippen LogP contribution in [0.15, 0.2) is 6.20 Å². The standard InChI is InChI=1S/C10H15N3O2S/c1-7-2-3-8(6-14)5-13(7)10(15)9-4-11-16-12-9/h4,7-8,14H,2-3,5-6H2,1H3. The fourth-order valence-corrected chi connectivity index (χ4v) is 2.43. The Morgan fingerprint density at radius 3 is 3.12 bits per heavy atom. The number of aromatic nitrogens is 2. The van der Waals surface area contributed by atoms with Crippen molar-refractivity contribution in [1.29, 1.82) is 0 Å². The van der Waals surface area contributed by atoms with Crippen LogP contribution in [0.25, 0.3) is 0 Å². The van der Waals surface area contributed by atoms with Gasteiger partial charge < -0.3 is 10.0 Å². The molecule has 0 spiro atoms. The number of aliphatic hydroxyl groups excluding tert-OH is 1. The van der Waals surface area contributed by atoms with Gasteiger partial charge in [0.1, 0.15) is 0 Å². The molecular formula is C10H15N3O2S. The number of hydrogen-bond donors (Lipinski definition) is 1. The van der Waals surface area contributed by atoms with Gasteiger partial charge in [0, 0.05) is 19.2 Å². The van der Waals surface area contributed by atoms with Gasteiger partial charge in [-0.1, -0.05) is 0 Å². The van der Waals surface area contributed by atoms with Gasteiger partial charge in [-0.3, -0.25) is 4.79 Å². The summed E-state index contributed by atoms with van der Waals surface area (Å²) in [7, 11) is 0. The molecule has 1 aromatic rings. The second-order valence-electron chi connectivity index (χ2n) is 4.23. The molecule has 0 aromatic carbocycles. The summed E-state index contributed by atoms with van der Waals surface area (Å²) in [5, 5.41) is 9.14. The Bertz CT molecular complexity index is 355. The third-order valence-electron chi connectivity index (χ3n) is 3.08. The number of carbonyl (C=O) groups is 1. The maximum absolute atomic E-state index is 12.1. The normalized spacial score (nSPS) is 25.8. The summed E-state index contributed by atoms with van der Waals surface area (Å²) in [5.74, 6) is 0.131. The zero-order chi connectivity index (χ0) is 11.5. The van der Waals surface area contributed by atoms with Crippen molar-refractivity contribution in [3.8, 4) is 0 Å². The SMILES string of the molecule is CC1CCC(CO)CN1C(=O)c1cnsn1. The van der Waals surface area contributed by atoms with Crippen LogP contribution in [0.4, 0.5) is 0 Å². The first-order valence-corrected chi connectivity index (χ1v) is 6.14. The number of likely N-dealkylation sites (tertiary alicyclic amines) is 1. The monoisotopic (exact) mass is 241 g/mol. The van der Waals surface area contributed by atoms with Crippen LogP contribution < -0.4 is 0 Å². The molecule has 2 rings (SSSR count). The van der Waals surface area contributed by atoms with Crippen molar-refractivity contribution >= 4 is 17.6 Å². The number of amides is 1. The molecule has 2 unspecified atom stereocenters. The van der Waals surface area contributed by atoms with Crippen LogP contribution in [-0.4, -0.2) is 43.9 Å². The van der Waals surface area contributed by atoms with Crippen molar-refractivity contribution in [1.82, 2.24) is 13.6 Å². The number of piperidine rings is 1. The van der Waals surface area contributed by atoms with E-state index in [2.05, 4.69) is 8.75 Å². The van der Waals surface area contributed by atoms with Crippen LogP contribution in [0.1, 0.15) is 30.3 Å². The molecule has 1 N–H and O–H groups in total. The summed E-state index contributed by atoms with van der Waals surface area (Å²) < 4.78 is 7.79. The molecule has 1 aromatic heterocycles. The average molecular weight is 241 g/mol. The molecule has 1 saturated heterocycles. The topological polar surface area (TPSA) is 66.3 Å². The van der Waals surface area contributed by atoms with E-state index in [4.69, 9.17) is 5.11 Å². The Balaban J connectivity index is 2.09. The molecule has 16 heavy (non-hydrogen) atoms. The minimum Gasteiger partial charge on any atom is -0.396 e. The van der Waals surface area contributed by atoms with E-state index in [0.717, 1.165) is 24.6 Å². The van der Waals surface area contributed by atoms with E-state index in [9.17, 15) is 4.79 Å². The molecule has 0 saturated carbocycles. The largest absolute Gasteiger partial charge is 0.396 e. The van der Waals surface area contributed by atoms with E-state index in [-0.39, 0.29) is 24.5 Å². The fraction of sp³-hybridized carbons (Fsp3) is 0.700. The molecule has 5 nitrogen and oxygen atoms in total. The molecule has 88 valence electrons. The number of nitrogens with zero attached hydrogens (tertiary/aromatic N) is 3. The summed E-state index contributed by atoms with van der Waals surface area (Å²) in [5.41, 5.74) is 0.412. The smallest absolute Gasteiger partial charge is 0.275 e. The highest BCUT2D eigenvalue weighted by Crippen LogP contribution is 2.22. The van der Waals surface area contributed by atoms with E-state index < -0.39 is 0 Å². The molecular weight excluding hydrogens is 226 g/mol. The molecule has 1 amide bonds. The van der Waals surface area contributed by atoms with Gasteiger partial charge in [-0.2, -0.15) is 8.75 Å².